The quantitative estimate of drug-likeness (QED) is 0.581. The number of rotatable bonds is 4. The highest BCUT2D eigenvalue weighted by molar-refractivity contribution is 4.91. The number of nitrogens with two attached hydrogens (primary N) is 1. The van der Waals surface area contributed by atoms with E-state index in [1.807, 2.05) is 0 Å². The molecule has 2 fully saturated rings. The SMILES string of the molecule is NNC(CC1CC2CCC1C2)CC(F)(F)F. The highest BCUT2D eigenvalue weighted by Gasteiger charge is 2.41. The van der Waals surface area contributed by atoms with Gasteiger partial charge in [0.25, 0.3) is 0 Å². The van der Waals surface area contributed by atoms with Crippen molar-refractivity contribution in [3.8, 4) is 0 Å². The van der Waals surface area contributed by atoms with Crippen molar-refractivity contribution >= 4 is 0 Å². The molecular weight excluding hydrogens is 217 g/mol. The predicted octanol–water partition coefficient (Wildman–Crippen LogP) is 2.60. The average Bonchev–Trinajstić information content (AvgIpc) is 2.75. The van der Waals surface area contributed by atoms with Crippen molar-refractivity contribution in [2.75, 3.05) is 0 Å². The van der Waals surface area contributed by atoms with Gasteiger partial charge in [0.05, 0.1) is 6.42 Å². The fourth-order valence-corrected chi connectivity index (χ4v) is 3.52. The van der Waals surface area contributed by atoms with Gasteiger partial charge in [0, 0.05) is 6.04 Å². The highest BCUT2D eigenvalue weighted by atomic mass is 19.4. The summed E-state index contributed by atoms with van der Waals surface area (Å²) in [4.78, 5) is 0. The molecule has 0 saturated heterocycles. The zero-order chi connectivity index (χ0) is 11.8. The van der Waals surface area contributed by atoms with Crippen LogP contribution in [0.4, 0.5) is 13.2 Å². The normalized spacial score (nSPS) is 35.6. The fraction of sp³-hybridized carbons (Fsp3) is 1.00. The van der Waals surface area contributed by atoms with Gasteiger partial charge in [-0.3, -0.25) is 11.3 Å². The van der Waals surface area contributed by atoms with E-state index in [4.69, 9.17) is 5.84 Å². The van der Waals surface area contributed by atoms with Crippen molar-refractivity contribution < 1.29 is 13.2 Å². The van der Waals surface area contributed by atoms with Crippen LogP contribution in [0.1, 0.15) is 38.5 Å². The molecule has 0 aromatic rings. The van der Waals surface area contributed by atoms with Gasteiger partial charge in [-0.05, 0) is 43.4 Å². The Morgan fingerprint density at radius 3 is 2.44 bits per heavy atom. The molecule has 2 aliphatic carbocycles. The van der Waals surface area contributed by atoms with Crippen LogP contribution in [-0.4, -0.2) is 12.2 Å². The Morgan fingerprint density at radius 2 is 2.00 bits per heavy atom. The molecule has 4 atom stereocenters. The van der Waals surface area contributed by atoms with Crippen molar-refractivity contribution in [2.24, 2.45) is 23.6 Å². The standard InChI is InChI=1S/C11H19F3N2/c12-11(13,14)6-10(16-15)5-9-4-7-1-2-8(9)3-7/h7-10,16H,1-6,15H2. The van der Waals surface area contributed by atoms with E-state index in [-0.39, 0.29) is 0 Å². The van der Waals surface area contributed by atoms with Gasteiger partial charge < -0.3 is 0 Å². The van der Waals surface area contributed by atoms with Crippen molar-refractivity contribution in [3.05, 3.63) is 0 Å². The molecular formula is C11H19F3N2. The molecule has 4 unspecified atom stereocenters. The minimum Gasteiger partial charge on any atom is -0.271 e. The smallest absolute Gasteiger partial charge is 0.271 e. The van der Waals surface area contributed by atoms with Gasteiger partial charge in [-0.2, -0.15) is 13.2 Å². The molecule has 0 spiro atoms. The third kappa shape index (κ3) is 2.88. The Balaban J connectivity index is 1.83. The summed E-state index contributed by atoms with van der Waals surface area (Å²) in [6, 6.07) is -0.607. The van der Waals surface area contributed by atoms with Gasteiger partial charge in [-0.25, -0.2) is 0 Å². The lowest BCUT2D eigenvalue weighted by atomic mass is 9.83. The summed E-state index contributed by atoms with van der Waals surface area (Å²) in [7, 11) is 0. The maximum absolute atomic E-state index is 12.3. The maximum atomic E-state index is 12.3. The first-order chi connectivity index (χ1) is 7.48. The lowest BCUT2D eigenvalue weighted by Crippen LogP contribution is -2.40. The summed E-state index contributed by atoms with van der Waals surface area (Å²) in [5.41, 5.74) is 2.32. The number of alkyl halides is 3. The highest BCUT2D eigenvalue weighted by Crippen LogP contribution is 2.50. The van der Waals surface area contributed by atoms with Gasteiger partial charge in [0.15, 0.2) is 0 Å². The fourth-order valence-electron chi connectivity index (χ4n) is 3.52. The Morgan fingerprint density at radius 1 is 1.25 bits per heavy atom. The van der Waals surface area contributed by atoms with Crippen LogP contribution in [0.2, 0.25) is 0 Å². The Hall–Kier alpha value is -0.290. The minimum atomic E-state index is -4.12. The molecule has 16 heavy (non-hydrogen) atoms. The molecule has 0 heterocycles. The summed E-state index contributed by atoms with van der Waals surface area (Å²) in [5.74, 6) is 7.10. The summed E-state index contributed by atoms with van der Waals surface area (Å²) in [5, 5.41) is 0. The van der Waals surface area contributed by atoms with Crippen molar-refractivity contribution in [1.29, 1.82) is 0 Å². The van der Waals surface area contributed by atoms with E-state index in [1.165, 1.54) is 19.3 Å². The van der Waals surface area contributed by atoms with E-state index in [0.29, 0.717) is 18.3 Å². The Kier molecular flexibility index (Phi) is 3.45. The topological polar surface area (TPSA) is 38.0 Å². The lowest BCUT2D eigenvalue weighted by Gasteiger charge is -2.26. The molecule has 0 radical (unpaired) electrons. The molecule has 5 heteroatoms. The van der Waals surface area contributed by atoms with E-state index in [0.717, 1.165) is 12.3 Å². The van der Waals surface area contributed by atoms with Crippen LogP contribution in [0, 0.1) is 17.8 Å². The van der Waals surface area contributed by atoms with Crippen molar-refractivity contribution in [1.82, 2.24) is 5.43 Å². The Bertz CT molecular complexity index is 242. The Labute approximate surface area is 93.7 Å². The van der Waals surface area contributed by atoms with E-state index >= 15 is 0 Å². The van der Waals surface area contributed by atoms with Crippen LogP contribution < -0.4 is 11.3 Å². The second kappa shape index (κ2) is 4.53. The van der Waals surface area contributed by atoms with E-state index < -0.39 is 18.6 Å². The minimum absolute atomic E-state index is 0.460. The third-order valence-electron chi connectivity index (χ3n) is 4.19. The molecule has 3 N–H and O–H groups in total. The number of nitrogens with one attached hydrogen (secondary N) is 1. The molecule has 2 rings (SSSR count). The maximum Gasteiger partial charge on any atom is 0.390 e. The van der Waals surface area contributed by atoms with E-state index in [1.54, 1.807) is 0 Å². The van der Waals surface area contributed by atoms with Gasteiger partial charge in [0.2, 0.25) is 0 Å². The first-order valence-corrected chi connectivity index (χ1v) is 6.01. The van der Waals surface area contributed by atoms with E-state index in [2.05, 4.69) is 5.43 Å². The van der Waals surface area contributed by atoms with Crippen LogP contribution >= 0.6 is 0 Å². The molecule has 0 aromatic heterocycles. The monoisotopic (exact) mass is 236 g/mol. The van der Waals surface area contributed by atoms with Crippen LogP contribution in [0.25, 0.3) is 0 Å². The molecule has 94 valence electrons. The largest absolute Gasteiger partial charge is 0.390 e. The van der Waals surface area contributed by atoms with Crippen LogP contribution in [0.3, 0.4) is 0 Å². The summed E-state index contributed by atoms with van der Waals surface area (Å²) < 4.78 is 36.8. The third-order valence-corrected chi connectivity index (χ3v) is 4.19. The number of hydrazine groups is 1. The summed E-state index contributed by atoms with van der Waals surface area (Å²) >= 11 is 0. The molecule has 2 nitrogen and oxygen atoms in total. The van der Waals surface area contributed by atoms with E-state index in [9.17, 15) is 13.2 Å². The van der Waals surface area contributed by atoms with Gasteiger partial charge >= 0.3 is 6.18 Å². The number of fused-ring (bicyclic) bond motifs is 2. The second-order valence-electron chi connectivity index (χ2n) is 5.35. The van der Waals surface area contributed by atoms with Gasteiger partial charge in [0.1, 0.15) is 0 Å². The lowest BCUT2D eigenvalue weighted by molar-refractivity contribution is -0.141. The molecule has 0 aliphatic heterocycles. The zero-order valence-electron chi connectivity index (χ0n) is 9.26. The zero-order valence-corrected chi connectivity index (χ0v) is 9.26. The predicted molar refractivity (Wildman–Crippen MR) is 55.3 cm³/mol. The first-order valence-electron chi connectivity index (χ1n) is 6.01. The van der Waals surface area contributed by atoms with Crippen LogP contribution in [0.5, 0.6) is 0 Å². The van der Waals surface area contributed by atoms with Crippen molar-refractivity contribution in [2.45, 2.75) is 50.7 Å². The average molecular weight is 236 g/mol. The van der Waals surface area contributed by atoms with Crippen molar-refractivity contribution in [3.63, 3.8) is 0 Å². The second-order valence-corrected chi connectivity index (χ2v) is 5.35. The number of halogens is 3. The first kappa shape index (κ1) is 12.2. The summed E-state index contributed by atoms with van der Waals surface area (Å²) in [6.45, 7) is 0. The van der Waals surface area contributed by atoms with Gasteiger partial charge in [-0.1, -0.05) is 6.42 Å². The number of hydrogen-bond donors (Lipinski definition) is 2. The van der Waals surface area contributed by atoms with Gasteiger partial charge in [-0.15, -0.1) is 0 Å². The molecule has 2 aliphatic rings. The molecule has 2 saturated carbocycles. The summed E-state index contributed by atoms with van der Waals surface area (Å²) in [6.07, 6.45) is 0.484. The van der Waals surface area contributed by atoms with Crippen LogP contribution in [-0.2, 0) is 0 Å². The molecule has 2 bridgehead atoms. The molecule has 0 aromatic carbocycles. The van der Waals surface area contributed by atoms with Crippen LogP contribution in [0.15, 0.2) is 0 Å². The molecule has 0 amide bonds. The number of hydrogen-bond acceptors (Lipinski definition) is 2.